The van der Waals surface area contributed by atoms with Crippen LogP contribution in [0.4, 0.5) is 0 Å². The highest BCUT2D eigenvalue weighted by molar-refractivity contribution is 6.46. The second-order valence-electron chi connectivity index (χ2n) is 11.6. The maximum absolute atomic E-state index is 13.6. The summed E-state index contributed by atoms with van der Waals surface area (Å²) in [5, 5.41) is 11.7. The number of morpholine rings is 1. The summed E-state index contributed by atoms with van der Waals surface area (Å²) >= 11 is 0. The molecule has 2 aromatic carbocycles. The van der Waals surface area contributed by atoms with E-state index in [0.29, 0.717) is 73.8 Å². The second kappa shape index (κ2) is 15.3. The first kappa shape index (κ1) is 32.4. The summed E-state index contributed by atoms with van der Waals surface area (Å²) in [5.74, 6) is 0.618. The minimum Gasteiger partial charge on any atom is -0.507 e. The molecule has 2 fully saturated rings. The number of amides is 1. The van der Waals surface area contributed by atoms with Crippen molar-refractivity contribution in [3.63, 3.8) is 0 Å². The van der Waals surface area contributed by atoms with Gasteiger partial charge in [-0.1, -0.05) is 39.7 Å². The first-order chi connectivity index (χ1) is 20.7. The molecule has 2 aromatic rings. The number of hydrogen-bond acceptors (Lipinski definition) is 8. The van der Waals surface area contributed by atoms with Crippen LogP contribution in [0.3, 0.4) is 0 Å². The Morgan fingerprint density at radius 3 is 2.47 bits per heavy atom. The highest BCUT2D eigenvalue weighted by Crippen LogP contribution is 2.42. The Bertz CT molecular complexity index is 1300. The van der Waals surface area contributed by atoms with E-state index in [1.165, 1.54) is 0 Å². The number of benzene rings is 2. The van der Waals surface area contributed by atoms with E-state index in [1.54, 1.807) is 30.2 Å². The lowest BCUT2D eigenvalue weighted by molar-refractivity contribution is -0.140. The van der Waals surface area contributed by atoms with Gasteiger partial charge in [0.05, 0.1) is 45.2 Å². The summed E-state index contributed by atoms with van der Waals surface area (Å²) < 4.78 is 23.0. The maximum atomic E-state index is 13.6. The first-order valence-electron chi connectivity index (χ1n) is 15.4. The molecule has 9 heteroatoms. The molecule has 0 bridgehead atoms. The fourth-order valence-electron chi connectivity index (χ4n) is 5.44. The Labute approximate surface area is 255 Å². The predicted molar refractivity (Wildman–Crippen MR) is 166 cm³/mol. The topological polar surface area (TPSA) is 97.8 Å². The van der Waals surface area contributed by atoms with Crippen LogP contribution in [0.1, 0.15) is 62.8 Å². The molecule has 0 radical (unpaired) electrons. The smallest absolute Gasteiger partial charge is 0.295 e. The number of ether oxygens (including phenoxy) is 4. The number of aliphatic hydroxyl groups is 1. The summed E-state index contributed by atoms with van der Waals surface area (Å²) in [5.41, 5.74) is 1.95. The van der Waals surface area contributed by atoms with Gasteiger partial charge in [-0.15, -0.1) is 0 Å². The zero-order valence-corrected chi connectivity index (χ0v) is 26.2. The van der Waals surface area contributed by atoms with Crippen molar-refractivity contribution < 1.29 is 33.6 Å². The van der Waals surface area contributed by atoms with E-state index in [0.717, 1.165) is 37.9 Å². The molecule has 1 unspecified atom stereocenters. The van der Waals surface area contributed by atoms with Gasteiger partial charge in [0.2, 0.25) is 0 Å². The van der Waals surface area contributed by atoms with E-state index in [2.05, 4.69) is 25.7 Å². The normalized spacial score (nSPS) is 18.8. The first-order valence-corrected chi connectivity index (χ1v) is 15.4. The third-order valence-electron chi connectivity index (χ3n) is 7.85. The van der Waals surface area contributed by atoms with Crippen molar-refractivity contribution in [2.45, 2.75) is 53.0 Å². The van der Waals surface area contributed by atoms with Crippen molar-refractivity contribution in [2.75, 3.05) is 59.7 Å². The van der Waals surface area contributed by atoms with E-state index >= 15 is 0 Å². The zero-order chi connectivity index (χ0) is 30.9. The minimum atomic E-state index is -0.791. The van der Waals surface area contributed by atoms with Crippen molar-refractivity contribution in [3.05, 3.63) is 58.7 Å². The Morgan fingerprint density at radius 1 is 1.02 bits per heavy atom. The standard InChI is InChI=1S/C34H46N2O7/c1-6-7-8-17-42-28-12-9-25(21-29(28)40-5)31-30(32(37)27-11-10-26(20-24(27)4)43-22-23(2)3)33(38)34(39)36(31)14-13-35-15-18-41-19-16-35/h9-12,20-21,23,31,37H,6-8,13-19,22H2,1-5H3/b32-30+. The molecule has 2 heterocycles. The number of likely N-dealkylation sites (tertiary alicyclic amines) is 1. The fraction of sp³-hybridized carbons (Fsp3) is 0.529. The van der Waals surface area contributed by atoms with Crippen LogP contribution < -0.4 is 14.2 Å². The molecule has 0 saturated carbocycles. The van der Waals surface area contributed by atoms with Crippen molar-refractivity contribution in [1.29, 1.82) is 0 Å². The molecule has 0 aromatic heterocycles. The third kappa shape index (κ3) is 7.89. The Hall–Kier alpha value is -3.56. The molecule has 0 aliphatic carbocycles. The van der Waals surface area contributed by atoms with Crippen LogP contribution in [-0.4, -0.2) is 86.3 Å². The Morgan fingerprint density at radius 2 is 1.79 bits per heavy atom. The monoisotopic (exact) mass is 594 g/mol. The summed E-state index contributed by atoms with van der Waals surface area (Å²) in [6.07, 6.45) is 3.10. The molecule has 1 N–H and O–H groups in total. The van der Waals surface area contributed by atoms with Gasteiger partial charge in [0, 0.05) is 31.7 Å². The quantitative estimate of drug-likeness (QED) is 0.135. The summed E-state index contributed by atoms with van der Waals surface area (Å²) in [6, 6.07) is 10.0. The van der Waals surface area contributed by atoms with Gasteiger partial charge in [-0.05, 0) is 60.7 Å². The molecule has 1 amide bonds. The van der Waals surface area contributed by atoms with Crippen LogP contribution in [0.2, 0.25) is 0 Å². The van der Waals surface area contributed by atoms with E-state index in [4.69, 9.17) is 18.9 Å². The molecule has 9 nitrogen and oxygen atoms in total. The number of ketones is 1. The number of Topliss-reactive ketones (excluding diaryl/α,β-unsaturated/α-hetero) is 1. The fourth-order valence-corrected chi connectivity index (χ4v) is 5.44. The number of carbonyl (C=O) groups is 2. The summed E-state index contributed by atoms with van der Waals surface area (Å²) in [7, 11) is 1.57. The Balaban J connectivity index is 1.72. The number of nitrogens with zero attached hydrogens (tertiary/aromatic N) is 2. The molecule has 1 atom stereocenters. The van der Waals surface area contributed by atoms with E-state index in [9.17, 15) is 14.7 Å². The summed E-state index contributed by atoms with van der Waals surface area (Å²) in [4.78, 5) is 30.9. The van der Waals surface area contributed by atoms with Crippen molar-refractivity contribution >= 4 is 17.4 Å². The van der Waals surface area contributed by atoms with Crippen LogP contribution in [0.25, 0.3) is 5.76 Å². The Kier molecular flexibility index (Phi) is 11.5. The van der Waals surface area contributed by atoms with Crippen molar-refractivity contribution in [2.24, 2.45) is 5.92 Å². The molecule has 0 spiro atoms. The van der Waals surface area contributed by atoms with Crippen LogP contribution in [0.5, 0.6) is 17.2 Å². The van der Waals surface area contributed by atoms with Crippen LogP contribution in [0, 0.1) is 12.8 Å². The number of carbonyl (C=O) groups excluding carboxylic acids is 2. The molecule has 2 aliphatic rings. The largest absolute Gasteiger partial charge is 0.507 e. The van der Waals surface area contributed by atoms with Crippen molar-refractivity contribution in [3.8, 4) is 17.2 Å². The van der Waals surface area contributed by atoms with Gasteiger partial charge in [0.25, 0.3) is 11.7 Å². The molecular weight excluding hydrogens is 548 g/mol. The van der Waals surface area contributed by atoms with Crippen LogP contribution >= 0.6 is 0 Å². The van der Waals surface area contributed by atoms with E-state index in [-0.39, 0.29) is 11.3 Å². The van der Waals surface area contributed by atoms with Gasteiger partial charge in [-0.25, -0.2) is 0 Å². The molecular formula is C34H46N2O7. The van der Waals surface area contributed by atoms with E-state index < -0.39 is 17.7 Å². The highest BCUT2D eigenvalue weighted by atomic mass is 16.5. The number of methoxy groups -OCH3 is 1. The molecule has 43 heavy (non-hydrogen) atoms. The molecule has 2 aliphatic heterocycles. The van der Waals surface area contributed by atoms with Gasteiger partial charge in [-0.2, -0.15) is 0 Å². The maximum Gasteiger partial charge on any atom is 0.295 e. The minimum absolute atomic E-state index is 0.0598. The zero-order valence-electron chi connectivity index (χ0n) is 26.2. The number of hydrogen-bond donors (Lipinski definition) is 1. The van der Waals surface area contributed by atoms with Crippen LogP contribution in [0.15, 0.2) is 42.0 Å². The van der Waals surface area contributed by atoms with Crippen LogP contribution in [-0.2, 0) is 14.3 Å². The van der Waals surface area contributed by atoms with Gasteiger partial charge in [-0.3, -0.25) is 14.5 Å². The lowest BCUT2D eigenvalue weighted by Crippen LogP contribution is -2.42. The number of aliphatic hydroxyl groups excluding tert-OH is 1. The third-order valence-corrected chi connectivity index (χ3v) is 7.85. The summed E-state index contributed by atoms with van der Waals surface area (Å²) in [6.45, 7) is 13.0. The number of unbranched alkanes of at least 4 members (excludes halogenated alkanes) is 2. The van der Waals surface area contributed by atoms with Gasteiger partial charge >= 0.3 is 0 Å². The van der Waals surface area contributed by atoms with Crippen molar-refractivity contribution in [1.82, 2.24) is 9.80 Å². The average molecular weight is 595 g/mol. The van der Waals surface area contributed by atoms with E-state index in [1.807, 2.05) is 25.1 Å². The van der Waals surface area contributed by atoms with Gasteiger partial charge in [0.15, 0.2) is 11.5 Å². The molecule has 4 rings (SSSR count). The lowest BCUT2D eigenvalue weighted by Gasteiger charge is -2.31. The predicted octanol–water partition coefficient (Wildman–Crippen LogP) is 5.36. The average Bonchev–Trinajstić information content (AvgIpc) is 3.26. The van der Waals surface area contributed by atoms with Gasteiger partial charge in [0.1, 0.15) is 11.5 Å². The second-order valence-corrected chi connectivity index (χ2v) is 11.6. The molecule has 2 saturated heterocycles. The molecule has 234 valence electrons. The number of aryl methyl sites for hydroxylation is 1. The van der Waals surface area contributed by atoms with Gasteiger partial charge < -0.3 is 29.0 Å². The number of rotatable bonds is 14. The SMILES string of the molecule is CCCCCOc1ccc(C2/C(=C(\O)c3ccc(OCC(C)C)cc3C)C(=O)C(=O)N2CCN2CCOCC2)cc1OC. The lowest BCUT2D eigenvalue weighted by atomic mass is 9.93. The highest BCUT2D eigenvalue weighted by Gasteiger charge is 2.46.